The molecule has 27 heavy (non-hydrogen) atoms. The second-order valence-electron chi connectivity index (χ2n) is 6.16. The maximum absolute atomic E-state index is 12.5. The summed E-state index contributed by atoms with van der Waals surface area (Å²) in [7, 11) is 0.170. The van der Waals surface area contributed by atoms with Crippen molar-refractivity contribution in [2.75, 3.05) is 48.0 Å². The fraction of sp³-hybridized carbons (Fsp3) is 0.316. The number of hydrogen-bond acceptors (Lipinski definition) is 5. The fourth-order valence-electron chi connectivity index (χ4n) is 2.50. The summed E-state index contributed by atoms with van der Waals surface area (Å²) in [6.07, 6.45) is 1.06. The molecular formula is C19H25N3O4S. The van der Waals surface area contributed by atoms with Crippen LogP contribution < -0.4 is 19.3 Å². The SMILES string of the molecule is CCOc1ccccc1N(CC(=O)Nc1ccc(N(C)C)cc1)S(C)(=O)=O. The van der Waals surface area contributed by atoms with E-state index in [1.54, 1.807) is 36.4 Å². The number of ether oxygens (including phenoxy) is 1. The highest BCUT2D eigenvalue weighted by molar-refractivity contribution is 7.92. The molecule has 0 radical (unpaired) electrons. The van der Waals surface area contributed by atoms with Crippen molar-refractivity contribution in [1.82, 2.24) is 0 Å². The number of rotatable bonds is 8. The average Bonchev–Trinajstić information content (AvgIpc) is 2.60. The van der Waals surface area contributed by atoms with Gasteiger partial charge in [0.1, 0.15) is 12.3 Å². The van der Waals surface area contributed by atoms with E-state index in [2.05, 4.69) is 5.32 Å². The van der Waals surface area contributed by atoms with Crippen LogP contribution in [-0.4, -0.2) is 47.8 Å². The van der Waals surface area contributed by atoms with Crippen LogP contribution in [0.25, 0.3) is 0 Å². The molecule has 0 bridgehead atoms. The zero-order chi connectivity index (χ0) is 20.0. The number of amides is 1. The van der Waals surface area contributed by atoms with Gasteiger partial charge in [0.25, 0.3) is 0 Å². The molecule has 0 aliphatic rings. The lowest BCUT2D eigenvalue weighted by Gasteiger charge is -2.24. The van der Waals surface area contributed by atoms with E-state index < -0.39 is 15.9 Å². The normalized spacial score (nSPS) is 11.0. The molecule has 0 saturated carbocycles. The van der Waals surface area contributed by atoms with Gasteiger partial charge in [-0.05, 0) is 43.3 Å². The quantitative estimate of drug-likeness (QED) is 0.748. The molecule has 7 nitrogen and oxygen atoms in total. The standard InChI is InChI=1S/C19H25N3O4S/c1-5-26-18-9-7-6-8-17(18)22(27(4,24)25)14-19(23)20-15-10-12-16(13-11-15)21(2)3/h6-13H,5,14H2,1-4H3,(H,20,23). The topological polar surface area (TPSA) is 79.0 Å². The van der Waals surface area contributed by atoms with Gasteiger partial charge in [-0.25, -0.2) is 8.42 Å². The van der Waals surface area contributed by atoms with Gasteiger partial charge in [0.05, 0.1) is 18.6 Å². The maximum atomic E-state index is 12.5. The molecular weight excluding hydrogens is 366 g/mol. The van der Waals surface area contributed by atoms with E-state index in [9.17, 15) is 13.2 Å². The van der Waals surface area contributed by atoms with Crippen molar-refractivity contribution in [2.45, 2.75) is 6.92 Å². The maximum Gasteiger partial charge on any atom is 0.245 e. The molecule has 0 aliphatic carbocycles. The van der Waals surface area contributed by atoms with Gasteiger partial charge in [-0.15, -0.1) is 0 Å². The van der Waals surface area contributed by atoms with Crippen LogP contribution in [-0.2, 0) is 14.8 Å². The summed E-state index contributed by atoms with van der Waals surface area (Å²) >= 11 is 0. The number of nitrogens with zero attached hydrogens (tertiary/aromatic N) is 2. The van der Waals surface area contributed by atoms with Gasteiger partial charge in [0.15, 0.2) is 0 Å². The summed E-state index contributed by atoms with van der Waals surface area (Å²) in [4.78, 5) is 14.4. The van der Waals surface area contributed by atoms with Gasteiger partial charge in [0.2, 0.25) is 15.9 Å². The Balaban J connectivity index is 2.21. The second-order valence-corrected chi connectivity index (χ2v) is 8.07. The molecule has 0 spiro atoms. The van der Waals surface area contributed by atoms with Crippen LogP contribution in [0.4, 0.5) is 17.1 Å². The first-order chi connectivity index (χ1) is 12.7. The predicted octanol–water partition coefficient (Wildman–Crippen LogP) is 2.56. The number of sulfonamides is 1. The Morgan fingerprint density at radius 1 is 1.07 bits per heavy atom. The molecule has 0 saturated heterocycles. The third-order valence-electron chi connectivity index (χ3n) is 3.79. The Hall–Kier alpha value is -2.74. The molecule has 0 heterocycles. The lowest BCUT2D eigenvalue weighted by molar-refractivity contribution is -0.114. The van der Waals surface area contributed by atoms with Crippen molar-refractivity contribution in [3.63, 3.8) is 0 Å². The Morgan fingerprint density at radius 3 is 2.26 bits per heavy atom. The number of hydrogen-bond donors (Lipinski definition) is 1. The minimum absolute atomic E-state index is 0.333. The van der Waals surface area contributed by atoms with E-state index in [0.29, 0.717) is 23.7 Å². The Labute approximate surface area is 160 Å². The molecule has 0 aromatic heterocycles. The average molecular weight is 391 g/mol. The summed E-state index contributed by atoms with van der Waals surface area (Å²) in [6, 6.07) is 14.0. The van der Waals surface area contributed by atoms with Gasteiger partial charge in [0, 0.05) is 25.5 Å². The van der Waals surface area contributed by atoms with Gasteiger partial charge >= 0.3 is 0 Å². The number of nitrogens with one attached hydrogen (secondary N) is 1. The van der Waals surface area contributed by atoms with E-state index in [1.807, 2.05) is 38.1 Å². The highest BCUT2D eigenvalue weighted by Crippen LogP contribution is 2.29. The third-order valence-corrected chi connectivity index (χ3v) is 4.92. The zero-order valence-electron chi connectivity index (χ0n) is 16.0. The molecule has 1 N–H and O–H groups in total. The predicted molar refractivity (Wildman–Crippen MR) is 109 cm³/mol. The van der Waals surface area contributed by atoms with E-state index in [4.69, 9.17) is 4.74 Å². The van der Waals surface area contributed by atoms with E-state index in [-0.39, 0.29) is 6.54 Å². The first kappa shape index (κ1) is 20.6. The van der Waals surface area contributed by atoms with Crippen molar-refractivity contribution in [3.8, 4) is 5.75 Å². The van der Waals surface area contributed by atoms with Crippen molar-refractivity contribution >= 4 is 33.0 Å². The molecule has 2 aromatic rings. The molecule has 0 unspecified atom stereocenters. The Kier molecular flexibility index (Phi) is 6.68. The summed E-state index contributed by atoms with van der Waals surface area (Å²) in [6.45, 7) is 1.85. The van der Waals surface area contributed by atoms with Gasteiger partial charge in [-0.3, -0.25) is 9.10 Å². The van der Waals surface area contributed by atoms with Crippen molar-refractivity contribution in [2.24, 2.45) is 0 Å². The largest absolute Gasteiger partial charge is 0.492 e. The first-order valence-corrected chi connectivity index (χ1v) is 10.3. The molecule has 8 heteroatoms. The van der Waals surface area contributed by atoms with Crippen molar-refractivity contribution in [1.29, 1.82) is 0 Å². The molecule has 1 amide bonds. The molecule has 0 aliphatic heterocycles. The molecule has 2 rings (SSSR count). The minimum atomic E-state index is -3.68. The van der Waals surface area contributed by atoms with Gasteiger partial charge < -0.3 is 15.0 Å². The summed E-state index contributed by atoms with van der Waals surface area (Å²) in [5.74, 6) is -0.0297. The van der Waals surface area contributed by atoms with Crippen molar-refractivity contribution in [3.05, 3.63) is 48.5 Å². The molecule has 2 aromatic carbocycles. The molecule has 146 valence electrons. The van der Waals surface area contributed by atoms with Crippen LogP contribution >= 0.6 is 0 Å². The first-order valence-electron chi connectivity index (χ1n) is 8.49. The van der Waals surface area contributed by atoms with E-state index >= 15 is 0 Å². The monoisotopic (exact) mass is 391 g/mol. The second kappa shape index (κ2) is 8.77. The van der Waals surface area contributed by atoms with Gasteiger partial charge in [-0.1, -0.05) is 12.1 Å². The highest BCUT2D eigenvalue weighted by Gasteiger charge is 2.23. The van der Waals surface area contributed by atoms with Crippen LogP contribution in [0.15, 0.2) is 48.5 Å². The molecule has 0 atom stereocenters. The van der Waals surface area contributed by atoms with E-state index in [0.717, 1.165) is 16.2 Å². The van der Waals surface area contributed by atoms with E-state index in [1.165, 1.54) is 0 Å². The zero-order valence-corrected chi connectivity index (χ0v) is 16.8. The fourth-order valence-corrected chi connectivity index (χ4v) is 3.36. The van der Waals surface area contributed by atoms with Gasteiger partial charge in [-0.2, -0.15) is 0 Å². The van der Waals surface area contributed by atoms with Crippen LogP contribution in [0, 0.1) is 0 Å². The van der Waals surface area contributed by atoms with Crippen LogP contribution in [0.3, 0.4) is 0 Å². The number of carbonyl (C=O) groups excluding carboxylic acids is 1. The van der Waals surface area contributed by atoms with Crippen molar-refractivity contribution < 1.29 is 17.9 Å². The lowest BCUT2D eigenvalue weighted by Crippen LogP contribution is -2.37. The smallest absolute Gasteiger partial charge is 0.245 e. The number of para-hydroxylation sites is 2. The minimum Gasteiger partial charge on any atom is -0.492 e. The van der Waals surface area contributed by atoms with Crippen LogP contribution in [0.1, 0.15) is 6.92 Å². The summed E-state index contributed by atoms with van der Waals surface area (Å²) in [5, 5.41) is 2.73. The Bertz CT molecular complexity index is 880. The molecule has 0 fully saturated rings. The third kappa shape index (κ3) is 5.62. The lowest BCUT2D eigenvalue weighted by atomic mass is 10.2. The number of benzene rings is 2. The highest BCUT2D eigenvalue weighted by atomic mass is 32.2. The summed E-state index contributed by atoms with van der Waals surface area (Å²) in [5.41, 5.74) is 1.92. The Morgan fingerprint density at radius 2 is 1.70 bits per heavy atom. The van der Waals surface area contributed by atoms with Crippen LogP contribution in [0.5, 0.6) is 5.75 Å². The number of anilines is 3. The summed E-state index contributed by atoms with van der Waals surface area (Å²) < 4.78 is 31.1. The van der Waals surface area contributed by atoms with Crippen LogP contribution in [0.2, 0.25) is 0 Å². The number of carbonyl (C=O) groups is 1.